The molecule has 0 saturated carbocycles. The van der Waals surface area contributed by atoms with Gasteiger partial charge in [0.15, 0.2) is 9.84 Å². The van der Waals surface area contributed by atoms with Gasteiger partial charge in [-0.1, -0.05) is 6.07 Å². The Morgan fingerprint density at radius 3 is 2.74 bits per heavy atom. The normalized spacial score (nSPS) is 11.3. The number of amides is 1. The highest BCUT2D eigenvalue weighted by Gasteiger charge is 2.18. The van der Waals surface area contributed by atoms with Gasteiger partial charge in [0.2, 0.25) is 0 Å². The van der Waals surface area contributed by atoms with E-state index in [2.05, 4.69) is 15.3 Å². The van der Waals surface area contributed by atoms with Crippen molar-refractivity contribution in [3.63, 3.8) is 0 Å². The number of thiophene rings is 1. The molecule has 10 heteroatoms. The molecule has 0 radical (unpaired) electrons. The number of aromatic nitrogens is 2. The molecule has 34 heavy (non-hydrogen) atoms. The maximum absolute atomic E-state index is 13.4. The summed E-state index contributed by atoms with van der Waals surface area (Å²) in [5.74, 6) is -0.325. The van der Waals surface area contributed by atoms with Gasteiger partial charge >= 0.3 is 0 Å². The van der Waals surface area contributed by atoms with Crippen LogP contribution in [0.4, 0.5) is 10.1 Å². The van der Waals surface area contributed by atoms with E-state index in [9.17, 15) is 17.6 Å². The Bertz CT molecular complexity index is 1470. The number of carbonyl (C=O) groups is 1. The summed E-state index contributed by atoms with van der Waals surface area (Å²) in [7, 11) is -3.39. The molecule has 3 aromatic heterocycles. The molecule has 0 bridgehead atoms. The van der Waals surface area contributed by atoms with Crippen LogP contribution in [0, 0.1) is 12.7 Å². The van der Waals surface area contributed by atoms with Crippen LogP contribution in [0.5, 0.6) is 5.75 Å². The molecule has 174 valence electrons. The van der Waals surface area contributed by atoms with E-state index >= 15 is 0 Å². The van der Waals surface area contributed by atoms with Crippen molar-refractivity contribution in [2.45, 2.75) is 18.4 Å². The summed E-state index contributed by atoms with van der Waals surface area (Å²) < 4.78 is 42.9. The van der Waals surface area contributed by atoms with E-state index in [1.807, 2.05) is 6.92 Å². The number of rotatable bonds is 7. The number of nitrogens with zero attached hydrogens (tertiary/aromatic N) is 2. The second-order valence-corrected chi connectivity index (χ2v) is 10.8. The van der Waals surface area contributed by atoms with Crippen molar-refractivity contribution < 1.29 is 22.3 Å². The first-order chi connectivity index (χ1) is 16.2. The van der Waals surface area contributed by atoms with Gasteiger partial charge in [-0.05, 0) is 49.4 Å². The van der Waals surface area contributed by atoms with Gasteiger partial charge in [0.05, 0.1) is 16.0 Å². The zero-order chi connectivity index (χ0) is 24.3. The van der Waals surface area contributed by atoms with Crippen LogP contribution in [0.15, 0.2) is 72.0 Å². The maximum atomic E-state index is 13.4. The first kappa shape index (κ1) is 23.5. The number of benzene rings is 1. The zero-order valence-corrected chi connectivity index (χ0v) is 19.9. The number of nitrogens with one attached hydrogen (secondary N) is 1. The Balaban J connectivity index is 1.56. The van der Waals surface area contributed by atoms with E-state index in [1.165, 1.54) is 35.7 Å². The predicted octanol–water partition coefficient (Wildman–Crippen LogP) is 4.89. The molecule has 0 unspecified atom stereocenters. The molecular formula is C24H20FN3O4S2. The highest BCUT2D eigenvalue weighted by Crippen LogP contribution is 2.35. The Morgan fingerprint density at radius 1 is 1.15 bits per heavy atom. The fourth-order valence-electron chi connectivity index (χ4n) is 3.23. The summed E-state index contributed by atoms with van der Waals surface area (Å²) in [5.41, 5.74) is 2.24. The zero-order valence-electron chi connectivity index (χ0n) is 18.3. The van der Waals surface area contributed by atoms with E-state index in [4.69, 9.17) is 4.74 Å². The highest BCUT2D eigenvalue weighted by molar-refractivity contribution is 7.90. The summed E-state index contributed by atoms with van der Waals surface area (Å²) in [4.78, 5) is 22.5. The van der Waals surface area contributed by atoms with Crippen molar-refractivity contribution in [2.75, 3.05) is 11.6 Å². The Hall–Kier alpha value is -3.63. The van der Waals surface area contributed by atoms with Gasteiger partial charge in [0.1, 0.15) is 23.9 Å². The minimum absolute atomic E-state index is 0.108. The van der Waals surface area contributed by atoms with Crippen LogP contribution in [-0.4, -0.2) is 30.5 Å². The third-order valence-electron chi connectivity index (χ3n) is 4.84. The molecular weight excluding hydrogens is 477 g/mol. The number of aryl methyl sites for hydroxylation is 1. The summed E-state index contributed by atoms with van der Waals surface area (Å²) in [5, 5.41) is 2.74. The monoisotopic (exact) mass is 497 g/mol. The molecule has 0 atom stereocenters. The Labute approximate surface area is 200 Å². The molecule has 4 aromatic rings. The Morgan fingerprint density at radius 2 is 1.97 bits per heavy atom. The number of hydrogen-bond acceptors (Lipinski definition) is 7. The number of anilines is 1. The maximum Gasteiger partial charge on any atom is 0.265 e. The van der Waals surface area contributed by atoms with Crippen LogP contribution in [0.3, 0.4) is 0 Å². The summed E-state index contributed by atoms with van der Waals surface area (Å²) >= 11 is 1.29. The van der Waals surface area contributed by atoms with Gasteiger partial charge in [0.25, 0.3) is 5.91 Å². The third-order valence-corrected chi connectivity index (χ3v) is 7.00. The van der Waals surface area contributed by atoms with Gasteiger partial charge < -0.3 is 10.1 Å². The average Bonchev–Trinajstić information content (AvgIpc) is 3.19. The number of halogens is 1. The van der Waals surface area contributed by atoms with Crippen molar-refractivity contribution >= 4 is 32.8 Å². The van der Waals surface area contributed by atoms with Crippen LogP contribution in [0.2, 0.25) is 0 Å². The number of hydrogen-bond donors (Lipinski definition) is 1. The van der Waals surface area contributed by atoms with Crippen LogP contribution in [0.25, 0.3) is 11.3 Å². The largest absolute Gasteiger partial charge is 0.487 e. The fourth-order valence-corrected chi connectivity index (χ4v) is 4.81. The van der Waals surface area contributed by atoms with Crippen LogP contribution < -0.4 is 10.1 Å². The lowest BCUT2D eigenvalue weighted by atomic mass is 10.1. The molecule has 1 N–H and O–H groups in total. The lowest BCUT2D eigenvalue weighted by Gasteiger charge is -2.10. The molecule has 0 saturated heterocycles. The molecule has 0 aliphatic carbocycles. The first-order valence-electron chi connectivity index (χ1n) is 10.1. The lowest BCUT2D eigenvalue weighted by Crippen LogP contribution is -2.10. The van der Waals surface area contributed by atoms with E-state index < -0.39 is 15.7 Å². The van der Waals surface area contributed by atoms with Crippen molar-refractivity contribution in [3.05, 3.63) is 88.3 Å². The van der Waals surface area contributed by atoms with Crippen molar-refractivity contribution in [1.82, 2.24) is 9.97 Å². The van der Waals surface area contributed by atoms with Crippen LogP contribution in [-0.2, 0) is 16.4 Å². The van der Waals surface area contributed by atoms with Crippen LogP contribution >= 0.6 is 11.3 Å². The summed E-state index contributed by atoms with van der Waals surface area (Å²) in [6.07, 6.45) is 5.38. The number of ether oxygens (including phenoxy) is 1. The molecule has 1 amide bonds. The van der Waals surface area contributed by atoms with Crippen molar-refractivity contribution in [1.29, 1.82) is 0 Å². The SMILES string of the molecule is Cc1sc(C(=O)Nc2cccc(S(C)(=O)=O)c2)cc1-c1ncccc1OCc1cncc(F)c1. The van der Waals surface area contributed by atoms with E-state index in [1.54, 1.807) is 36.5 Å². The lowest BCUT2D eigenvalue weighted by molar-refractivity contribution is 0.103. The van der Waals surface area contributed by atoms with Gasteiger partial charge in [-0.25, -0.2) is 12.8 Å². The van der Waals surface area contributed by atoms with Gasteiger partial charge in [-0.2, -0.15) is 0 Å². The number of pyridine rings is 2. The van der Waals surface area contributed by atoms with E-state index in [0.717, 1.165) is 22.9 Å². The minimum Gasteiger partial charge on any atom is -0.487 e. The standard InChI is InChI=1S/C24H20FN3O4S2/c1-15-20(23-21(7-4-8-27-23)32-14-16-9-17(25)13-26-12-16)11-22(33-15)24(29)28-18-5-3-6-19(10-18)34(2,30)31/h3-13H,14H2,1-2H3,(H,28,29). The fraction of sp³-hybridized carbons (Fsp3) is 0.125. The van der Waals surface area contributed by atoms with E-state index in [0.29, 0.717) is 27.6 Å². The molecule has 0 aliphatic rings. The molecule has 1 aromatic carbocycles. The van der Waals surface area contributed by atoms with Crippen molar-refractivity contribution in [3.8, 4) is 17.0 Å². The molecule has 7 nitrogen and oxygen atoms in total. The number of carbonyl (C=O) groups excluding carboxylic acids is 1. The second-order valence-electron chi connectivity index (χ2n) is 7.48. The molecule has 3 heterocycles. The van der Waals surface area contributed by atoms with E-state index in [-0.39, 0.29) is 17.4 Å². The molecule has 4 rings (SSSR count). The average molecular weight is 498 g/mol. The van der Waals surface area contributed by atoms with Gasteiger partial charge in [-0.3, -0.25) is 14.8 Å². The number of sulfone groups is 1. The molecule has 0 fully saturated rings. The predicted molar refractivity (Wildman–Crippen MR) is 128 cm³/mol. The smallest absolute Gasteiger partial charge is 0.265 e. The highest BCUT2D eigenvalue weighted by atomic mass is 32.2. The summed E-state index contributed by atoms with van der Waals surface area (Å²) in [6, 6.07) is 12.6. The topological polar surface area (TPSA) is 98.2 Å². The molecule has 0 aliphatic heterocycles. The van der Waals surface area contributed by atoms with Crippen molar-refractivity contribution in [2.24, 2.45) is 0 Å². The second kappa shape index (κ2) is 9.70. The first-order valence-corrected chi connectivity index (χ1v) is 12.8. The van der Waals surface area contributed by atoms with Crippen LogP contribution in [0.1, 0.15) is 20.1 Å². The van der Waals surface area contributed by atoms with Gasteiger partial charge in [0, 0.05) is 40.3 Å². The quantitative estimate of drug-likeness (QED) is 0.391. The summed E-state index contributed by atoms with van der Waals surface area (Å²) in [6.45, 7) is 1.98. The Kier molecular flexibility index (Phi) is 6.71. The van der Waals surface area contributed by atoms with Gasteiger partial charge in [-0.15, -0.1) is 11.3 Å². The molecule has 0 spiro atoms. The third kappa shape index (κ3) is 5.46. The minimum atomic E-state index is -3.39.